The number of hydrogen-bond donors (Lipinski definition) is 1. The quantitative estimate of drug-likeness (QED) is 0.799. The number of carbonyl (C=O) groups is 2. The van der Waals surface area contributed by atoms with Crippen molar-refractivity contribution in [1.29, 1.82) is 0 Å². The van der Waals surface area contributed by atoms with Crippen LogP contribution in [0.25, 0.3) is 0 Å². The number of likely N-dealkylation sites (tertiary alicyclic amines) is 1. The minimum atomic E-state index is -0.743. The fraction of sp³-hybridized carbons (Fsp3) is 0.867. The zero-order chi connectivity index (χ0) is 15.4. The van der Waals surface area contributed by atoms with E-state index in [1.165, 1.54) is 0 Å². The van der Waals surface area contributed by atoms with Crippen LogP contribution in [0.4, 0.5) is 0 Å². The van der Waals surface area contributed by atoms with Gasteiger partial charge in [0.1, 0.15) is 6.04 Å². The highest BCUT2D eigenvalue weighted by molar-refractivity contribution is 5.81. The standard InChI is InChI=1S/C15H27N3O3/c1-3-13(15(20)21)17-10-8-16(9-11-17)12(2)14(19)18-6-4-5-7-18/h12-13H,3-11H2,1-2H3,(H,20,21). The van der Waals surface area contributed by atoms with Crippen molar-refractivity contribution >= 4 is 11.9 Å². The monoisotopic (exact) mass is 297 g/mol. The van der Waals surface area contributed by atoms with E-state index in [0.717, 1.165) is 52.1 Å². The van der Waals surface area contributed by atoms with Crippen LogP contribution in [0.2, 0.25) is 0 Å². The summed E-state index contributed by atoms with van der Waals surface area (Å²) in [5.74, 6) is -0.515. The lowest BCUT2D eigenvalue weighted by atomic mass is 10.1. The summed E-state index contributed by atoms with van der Waals surface area (Å²) < 4.78 is 0. The number of carbonyl (C=O) groups excluding carboxylic acids is 1. The Kier molecular flexibility index (Phi) is 5.58. The molecule has 0 aromatic heterocycles. The fourth-order valence-corrected chi connectivity index (χ4v) is 3.38. The van der Waals surface area contributed by atoms with Crippen molar-refractivity contribution in [3.05, 3.63) is 0 Å². The third-order valence-corrected chi connectivity index (χ3v) is 4.78. The Bertz CT molecular complexity index is 374. The molecule has 21 heavy (non-hydrogen) atoms. The van der Waals surface area contributed by atoms with Gasteiger partial charge in [0.15, 0.2) is 0 Å². The highest BCUT2D eigenvalue weighted by atomic mass is 16.4. The number of amides is 1. The highest BCUT2D eigenvalue weighted by Crippen LogP contribution is 2.15. The van der Waals surface area contributed by atoms with E-state index in [4.69, 9.17) is 0 Å². The van der Waals surface area contributed by atoms with Crippen LogP contribution < -0.4 is 0 Å². The van der Waals surface area contributed by atoms with E-state index in [1.54, 1.807) is 0 Å². The SMILES string of the molecule is CCC(C(=O)O)N1CCN(C(C)C(=O)N2CCCC2)CC1. The van der Waals surface area contributed by atoms with Gasteiger partial charge in [0.2, 0.25) is 5.91 Å². The topological polar surface area (TPSA) is 64.1 Å². The molecule has 2 heterocycles. The molecule has 0 spiro atoms. The molecule has 1 amide bonds. The van der Waals surface area contributed by atoms with Gasteiger partial charge in [-0.15, -0.1) is 0 Å². The summed E-state index contributed by atoms with van der Waals surface area (Å²) in [6, 6.07) is -0.480. The van der Waals surface area contributed by atoms with E-state index in [9.17, 15) is 14.7 Å². The number of nitrogens with zero attached hydrogens (tertiary/aromatic N) is 3. The fourth-order valence-electron chi connectivity index (χ4n) is 3.38. The van der Waals surface area contributed by atoms with E-state index in [0.29, 0.717) is 6.42 Å². The van der Waals surface area contributed by atoms with E-state index in [2.05, 4.69) is 4.90 Å². The van der Waals surface area contributed by atoms with Gasteiger partial charge in [-0.05, 0) is 26.2 Å². The molecule has 2 unspecified atom stereocenters. The molecular weight excluding hydrogens is 270 g/mol. The molecule has 2 atom stereocenters. The maximum atomic E-state index is 12.4. The van der Waals surface area contributed by atoms with Gasteiger partial charge in [-0.3, -0.25) is 19.4 Å². The molecule has 6 nitrogen and oxygen atoms in total. The lowest BCUT2D eigenvalue weighted by Crippen LogP contribution is -2.57. The average Bonchev–Trinajstić information content (AvgIpc) is 3.01. The summed E-state index contributed by atoms with van der Waals surface area (Å²) in [6.07, 6.45) is 2.85. The predicted octanol–water partition coefficient (Wildman–Crippen LogP) is 0.478. The second-order valence-corrected chi connectivity index (χ2v) is 6.04. The summed E-state index contributed by atoms with van der Waals surface area (Å²) in [6.45, 7) is 8.65. The number of aliphatic carboxylic acids is 1. The van der Waals surface area contributed by atoms with Gasteiger partial charge in [0, 0.05) is 39.3 Å². The first-order chi connectivity index (χ1) is 10.0. The van der Waals surface area contributed by atoms with Crippen molar-refractivity contribution in [1.82, 2.24) is 14.7 Å². The Hall–Kier alpha value is -1.14. The summed E-state index contributed by atoms with van der Waals surface area (Å²) in [5.41, 5.74) is 0. The second-order valence-electron chi connectivity index (χ2n) is 6.04. The summed E-state index contributed by atoms with van der Waals surface area (Å²) in [5, 5.41) is 9.22. The lowest BCUT2D eigenvalue weighted by molar-refractivity contribution is -0.145. The second kappa shape index (κ2) is 7.22. The summed E-state index contributed by atoms with van der Waals surface area (Å²) in [4.78, 5) is 29.8. The molecule has 0 bridgehead atoms. The van der Waals surface area contributed by atoms with Crippen molar-refractivity contribution in [2.24, 2.45) is 0 Å². The highest BCUT2D eigenvalue weighted by Gasteiger charge is 2.32. The molecule has 2 aliphatic heterocycles. The third-order valence-electron chi connectivity index (χ3n) is 4.78. The predicted molar refractivity (Wildman–Crippen MR) is 80.1 cm³/mol. The minimum absolute atomic E-state index is 0.0878. The molecule has 1 N–H and O–H groups in total. The van der Waals surface area contributed by atoms with Gasteiger partial charge in [0.25, 0.3) is 0 Å². The number of rotatable bonds is 5. The first-order valence-electron chi connectivity index (χ1n) is 8.04. The normalized spacial score (nSPS) is 24.0. The molecule has 0 aromatic carbocycles. The minimum Gasteiger partial charge on any atom is -0.480 e. The molecular formula is C15H27N3O3. The van der Waals surface area contributed by atoms with Crippen molar-refractivity contribution in [3.63, 3.8) is 0 Å². The zero-order valence-electron chi connectivity index (χ0n) is 13.1. The van der Waals surface area contributed by atoms with Gasteiger partial charge >= 0.3 is 5.97 Å². The van der Waals surface area contributed by atoms with E-state index in [1.807, 2.05) is 23.6 Å². The van der Waals surface area contributed by atoms with Crippen LogP contribution in [0.1, 0.15) is 33.1 Å². The smallest absolute Gasteiger partial charge is 0.320 e. The van der Waals surface area contributed by atoms with Crippen LogP contribution in [-0.4, -0.2) is 83.0 Å². The summed E-state index contributed by atoms with van der Waals surface area (Å²) in [7, 11) is 0. The van der Waals surface area contributed by atoms with E-state index < -0.39 is 12.0 Å². The first kappa shape index (κ1) is 16.2. The van der Waals surface area contributed by atoms with Gasteiger partial charge in [-0.25, -0.2) is 0 Å². The Morgan fingerprint density at radius 1 is 1.00 bits per heavy atom. The molecule has 2 saturated heterocycles. The maximum absolute atomic E-state index is 12.4. The molecule has 0 saturated carbocycles. The Morgan fingerprint density at radius 2 is 1.52 bits per heavy atom. The van der Waals surface area contributed by atoms with Gasteiger partial charge in [-0.2, -0.15) is 0 Å². The number of carboxylic acid groups (broad SMARTS) is 1. The van der Waals surface area contributed by atoms with E-state index in [-0.39, 0.29) is 11.9 Å². The number of hydrogen-bond acceptors (Lipinski definition) is 4. The van der Waals surface area contributed by atoms with Crippen LogP contribution in [0.15, 0.2) is 0 Å². The molecule has 2 aliphatic rings. The first-order valence-corrected chi connectivity index (χ1v) is 8.04. The van der Waals surface area contributed by atoms with Gasteiger partial charge < -0.3 is 10.0 Å². The molecule has 0 radical (unpaired) electrons. The Balaban J connectivity index is 1.85. The largest absolute Gasteiger partial charge is 0.480 e. The maximum Gasteiger partial charge on any atom is 0.320 e. The lowest BCUT2D eigenvalue weighted by Gasteiger charge is -2.40. The molecule has 2 fully saturated rings. The van der Waals surface area contributed by atoms with E-state index >= 15 is 0 Å². The average molecular weight is 297 g/mol. The molecule has 2 rings (SSSR count). The van der Waals surface area contributed by atoms with Crippen molar-refractivity contribution in [2.45, 2.75) is 45.2 Å². The Labute approximate surface area is 126 Å². The van der Waals surface area contributed by atoms with Crippen molar-refractivity contribution in [3.8, 4) is 0 Å². The van der Waals surface area contributed by atoms with Crippen LogP contribution in [0.5, 0.6) is 0 Å². The molecule has 6 heteroatoms. The number of carboxylic acids is 1. The van der Waals surface area contributed by atoms with Crippen molar-refractivity contribution in [2.75, 3.05) is 39.3 Å². The van der Waals surface area contributed by atoms with Gasteiger partial charge in [0.05, 0.1) is 6.04 Å². The zero-order valence-corrected chi connectivity index (χ0v) is 13.1. The van der Waals surface area contributed by atoms with Crippen molar-refractivity contribution < 1.29 is 14.7 Å². The summed E-state index contributed by atoms with van der Waals surface area (Å²) >= 11 is 0. The number of piperazine rings is 1. The van der Waals surface area contributed by atoms with Crippen LogP contribution in [0, 0.1) is 0 Å². The van der Waals surface area contributed by atoms with Crippen LogP contribution >= 0.6 is 0 Å². The molecule has 0 aromatic rings. The van der Waals surface area contributed by atoms with Gasteiger partial charge in [-0.1, -0.05) is 6.92 Å². The van der Waals surface area contributed by atoms with Crippen LogP contribution in [0.3, 0.4) is 0 Å². The Morgan fingerprint density at radius 3 is 2.00 bits per heavy atom. The third kappa shape index (κ3) is 3.74. The van der Waals surface area contributed by atoms with Crippen LogP contribution in [-0.2, 0) is 9.59 Å². The molecule has 120 valence electrons. The molecule has 0 aliphatic carbocycles.